The lowest BCUT2D eigenvalue weighted by molar-refractivity contribution is -0.131. The summed E-state index contributed by atoms with van der Waals surface area (Å²) in [4.78, 5) is 39.0. The number of ketones is 1. The van der Waals surface area contributed by atoms with Crippen molar-refractivity contribution in [3.05, 3.63) is 64.7 Å². The van der Waals surface area contributed by atoms with Crippen molar-refractivity contribution in [2.24, 2.45) is 5.73 Å². The van der Waals surface area contributed by atoms with Gasteiger partial charge in [-0.05, 0) is 53.8 Å². The molecular formula is C25H28F3N3O3. The van der Waals surface area contributed by atoms with Gasteiger partial charge < -0.3 is 15.5 Å². The maximum atomic E-state index is 12.7. The van der Waals surface area contributed by atoms with Crippen molar-refractivity contribution in [1.82, 2.24) is 4.90 Å². The fourth-order valence-corrected chi connectivity index (χ4v) is 4.13. The molecule has 1 saturated heterocycles. The number of hydrogen-bond acceptors (Lipinski definition) is 4. The number of aryl methyl sites for hydroxylation is 2. The van der Waals surface area contributed by atoms with Crippen LogP contribution in [0.15, 0.2) is 42.5 Å². The maximum absolute atomic E-state index is 12.7. The summed E-state index contributed by atoms with van der Waals surface area (Å²) in [5.74, 6) is -2.18. The summed E-state index contributed by atoms with van der Waals surface area (Å²) in [6.07, 6.45) is -2.95. The minimum Gasteiger partial charge on any atom is -0.369 e. The number of carbonyl (C=O) groups is 3. The highest BCUT2D eigenvalue weighted by atomic mass is 19.4. The number of primary amides is 1. The van der Waals surface area contributed by atoms with E-state index in [1.165, 1.54) is 24.3 Å². The van der Waals surface area contributed by atoms with Gasteiger partial charge >= 0.3 is 6.18 Å². The second kappa shape index (κ2) is 10.7. The van der Waals surface area contributed by atoms with E-state index in [1.54, 1.807) is 4.90 Å². The van der Waals surface area contributed by atoms with Gasteiger partial charge in [-0.25, -0.2) is 0 Å². The largest absolute Gasteiger partial charge is 0.454 e. The highest BCUT2D eigenvalue weighted by molar-refractivity contribution is 6.00. The van der Waals surface area contributed by atoms with E-state index >= 15 is 0 Å². The fraction of sp³-hybridized carbons (Fsp3) is 0.400. The van der Waals surface area contributed by atoms with Gasteiger partial charge in [-0.3, -0.25) is 14.4 Å². The van der Waals surface area contributed by atoms with E-state index < -0.39 is 12.0 Å². The molecule has 1 aliphatic heterocycles. The van der Waals surface area contributed by atoms with E-state index in [1.807, 2.05) is 30.0 Å². The average Bonchev–Trinajstić information content (AvgIpc) is 2.82. The number of nitrogens with zero attached hydrogens (tertiary/aromatic N) is 2. The lowest BCUT2D eigenvalue weighted by atomic mass is 9.97. The molecule has 34 heavy (non-hydrogen) atoms. The molecule has 0 spiro atoms. The molecule has 0 atom stereocenters. The van der Waals surface area contributed by atoms with Gasteiger partial charge in [-0.15, -0.1) is 0 Å². The van der Waals surface area contributed by atoms with E-state index in [4.69, 9.17) is 5.73 Å². The lowest BCUT2D eigenvalue weighted by Gasteiger charge is -2.36. The summed E-state index contributed by atoms with van der Waals surface area (Å²) in [5.41, 5.74) is 8.63. The molecule has 2 amide bonds. The number of amides is 2. The van der Waals surface area contributed by atoms with Crippen LogP contribution in [0.25, 0.3) is 0 Å². The zero-order chi connectivity index (χ0) is 24.9. The zero-order valence-electron chi connectivity index (χ0n) is 19.0. The molecule has 2 N–H and O–H groups in total. The third-order valence-electron chi connectivity index (χ3n) is 6.03. The molecule has 1 fully saturated rings. The Morgan fingerprint density at radius 3 is 2.15 bits per heavy atom. The highest BCUT2D eigenvalue weighted by Gasteiger charge is 2.39. The second-order valence-electron chi connectivity index (χ2n) is 8.34. The Hall–Kier alpha value is -3.36. The van der Waals surface area contributed by atoms with Crippen molar-refractivity contribution >= 4 is 23.3 Å². The van der Waals surface area contributed by atoms with Gasteiger partial charge in [-0.1, -0.05) is 25.1 Å². The Labute approximate surface area is 196 Å². The van der Waals surface area contributed by atoms with Crippen molar-refractivity contribution in [2.45, 2.75) is 38.8 Å². The summed E-state index contributed by atoms with van der Waals surface area (Å²) >= 11 is 0. The predicted molar refractivity (Wildman–Crippen MR) is 123 cm³/mol. The Kier molecular flexibility index (Phi) is 7.96. The maximum Gasteiger partial charge on any atom is 0.454 e. The van der Waals surface area contributed by atoms with Gasteiger partial charge in [-0.2, -0.15) is 13.2 Å². The predicted octanol–water partition coefficient (Wildman–Crippen LogP) is 3.30. The molecule has 0 aromatic heterocycles. The van der Waals surface area contributed by atoms with Crippen LogP contribution in [0.2, 0.25) is 0 Å². The first kappa shape index (κ1) is 25.3. The minimum absolute atomic E-state index is 0.0463. The summed E-state index contributed by atoms with van der Waals surface area (Å²) in [5, 5.41) is 0. The van der Waals surface area contributed by atoms with Crippen LogP contribution in [0.1, 0.15) is 40.4 Å². The van der Waals surface area contributed by atoms with Crippen molar-refractivity contribution < 1.29 is 27.6 Å². The number of benzene rings is 2. The van der Waals surface area contributed by atoms with Crippen molar-refractivity contribution in [2.75, 3.05) is 31.1 Å². The lowest BCUT2D eigenvalue weighted by Crippen LogP contribution is -2.48. The molecule has 9 heteroatoms. The molecule has 6 nitrogen and oxygen atoms in total. The van der Waals surface area contributed by atoms with Crippen molar-refractivity contribution in [1.29, 1.82) is 0 Å². The summed E-state index contributed by atoms with van der Waals surface area (Å²) in [6.45, 7) is 4.15. The van der Waals surface area contributed by atoms with Gasteiger partial charge in [0.05, 0.1) is 6.42 Å². The first-order valence-electron chi connectivity index (χ1n) is 11.2. The Morgan fingerprint density at radius 2 is 1.59 bits per heavy atom. The SMILES string of the molecule is CCc1cc(CCC(=O)N2CCN(c3ccc(C(=O)C(F)(F)F)cc3)CC2)ccc1CC(N)=O. The molecule has 0 unspecified atom stereocenters. The monoisotopic (exact) mass is 475 g/mol. The van der Waals surface area contributed by atoms with E-state index in [2.05, 4.69) is 0 Å². The van der Waals surface area contributed by atoms with E-state index in [0.717, 1.165) is 23.1 Å². The molecule has 2 aromatic rings. The van der Waals surface area contributed by atoms with Crippen LogP contribution >= 0.6 is 0 Å². The van der Waals surface area contributed by atoms with Crippen LogP contribution in [-0.4, -0.2) is 54.9 Å². The molecule has 182 valence electrons. The van der Waals surface area contributed by atoms with Crippen LogP contribution in [0.4, 0.5) is 18.9 Å². The minimum atomic E-state index is -4.89. The number of rotatable bonds is 8. The van der Waals surface area contributed by atoms with Crippen molar-refractivity contribution in [3.8, 4) is 0 Å². The quantitative estimate of drug-likeness (QED) is 0.594. The summed E-state index contributed by atoms with van der Waals surface area (Å²) < 4.78 is 37.7. The fourth-order valence-electron chi connectivity index (χ4n) is 4.13. The van der Waals surface area contributed by atoms with Gasteiger partial charge in [0.2, 0.25) is 11.8 Å². The molecule has 0 radical (unpaired) electrons. The molecule has 0 saturated carbocycles. The van der Waals surface area contributed by atoms with Crippen LogP contribution in [0, 0.1) is 0 Å². The highest BCUT2D eigenvalue weighted by Crippen LogP contribution is 2.24. The number of carbonyl (C=O) groups excluding carboxylic acids is 3. The third kappa shape index (κ3) is 6.36. The summed E-state index contributed by atoms with van der Waals surface area (Å²) in [6, 6.07) is 11.2. The number of halogens is 3. The number of piperazine rings is 1. The van der Waals surface area contributed by atoms with Crippen molar-refractivity contribution in [3.63, 3.8) is 0 Å². The number of hydrogen-bond donors (Lipinski definition) is 1. The number of nitrogens with two attached hydrogens (primary N) is 1. The topological polar surface area (TPSA) is 83.7 Å². The Bertz CT molecular complexity index is 1040. The first-order valence-corrected chi connectivity index (χ1v) is 11.2. The second-order valence-corrected chi connectivity index (χ2v) is 8.34. The van der Waals surface area contributed by atoms with E-state index in [9.17, 15) is 27.6 Å². The number of Topliss-reactive ketones (excluding diaryl/α,β-unsaturated/α-hetero) is 1. The Balaban J connectivity index is 1.51. The number of anilines is 1. The van der Waals surface area contributed by atoms with Gasteiger partial charge in [0.25, 0.3) is 5.78 Å². The smallest absolute Gasteiger partial charge is 0.369 e. The number of alkyl halides is 3. The van der Waals surface area contributed by atoms with E-state index in [0.29, 0.717) is 44.7 Å². The normalized spacial score (nSPS) is 14.2. The van der Waals surface area contributed by atoms with Crippen LogP contribution in [-0.2, 0) is 28.9 Å². The van der Waals surface area contributed by atoms with Gasteiger partial charge in [0.1, 0.15) is 0 Å². The molecule has 2 aromatic carbocycles. The molecule has 1 aliphatic rings. The molecule has 3 rings (SSSR count). The molecular weight excluding hydrogens is 447 g/mol. The molecule has 0 bridgehead atoms. The van der Waals surface area contributed by atoms with Crippen LogP contribution in [0.5, 0.6) is 0 Å². The third-order valence-corrected chi connectivity index (χ3v) is 6.03. The summed E-state index contributed by atoms with van der Waals surface area (Å²) in [7, 11) is 0. The first-order chi connectivity index (χ1) is 16.1. The van der Waals surface area contributed by atoms with Crippen LogP contribution < -0.4 is 10.6 Å². The zero-order valence-corrected chi connectivity index (χ0v) is 19.0. The standard InChI is InChI=1S/C25H28F3N3O3/c1-2-18-15-17(3-5-20(18)16-22(29)32)4-10-23(33)31-13-11-30(12-14-31)21-8-6-19(7-9-21)24(34)25(26,27)28/h3,5-9,15H,2,4,10-14,16H2,1H3,(H2,29,32). The average molecular weight is 476 g/mol. The van der Waals surface area contributed by atoms with Crippen LogP contribution in [0.3, 0.4) is 0 Å². The molecule has 0 aliphatic carbocycles. The Morgan fingerprint density at radius 1 is 0.941 bits per heavy atom. The van der Waals surface area contributed by atoms with E-state index in [-0.39, 0.29) is 23.8 Å². The van der Waals surface area contributed by atoms with Gasteiger partial charge in [0, 0.05) is 43.9 Å². The van der Waals surface area contributed by atoms with Gasteiger partial charge in [0.15, 0.2) is 0 Å². The molecule has 1 heterocycles.